The molecule has 0 aromatic heterocycles. The zero-order valence-electron chi connectivity index (χ0n) is 16.5. The Morgan fingerprint density at radius 3 is 2.39 bits per heavy atom. The van der Waals surface area contributed by atoms with Gasteiger partial charge >= 0.3 is 11.7 Å². The van der Waals surface area contributed by atoms with Crippen molar-refractivity contribution in [1.82, 2.24) is 9.62 Å². The second-order valence-corrected chi connectivity index (χ2v) is 11.0. The van der Waals surface area contributed by atoms with Crippen molar-refractivity contribution in [2.24, 2.45) is 0 Å². The average Bonchev–Trinajstić information content (AvgIpc) is 3.08. The maximum absolute atomic E-state index is 13.0. The fourth-order valence-electron chi connectivity index (χ4n) is 3.44. The molecule has 0 radical (unpaired) electrons. The predicted octanol–water partition coefficient (Wildman–Crippen LogP) is 6.36. The zero-order chi connectivity index (χ0) is 22.9. The molecule has 3 nitrogen and oxygen atoms in total. The van der Waals surface area contributed by atoms with Gasteiger partial charge in [0.15, 0.2) is 0 Å². The number of thioether (sulfide) groups is 1. The van der Waals surface area contributed by atoms with Crippen molar-refractivity contribution in [3.63, 3.8) is 0 Å². The van der Waals surface area contributed by atoms with Crippen molar-refractivity contribution in [1.29, 1.82) is 0 Å². The highest BCUT2D eigenvalue weighted by atomic mass is 32.3. The van der Waals surface area contributed by atoms with Crippen molar-refractivity contribution in [3.05, 3.63) is 59.7 Å². The molecule has 1 fully saturated rings. The summed E-state index contributed by atoms with van der Waals surface area (Å²) in [7, 11) is -2.63. The molecule has 0 saturated carbocycles. The van der Waals surface area contributed by atoms with E-state index < -0.39 is 27.7 Å². The van der Waals surface area contributed by atoms with E-state index in [0.717, 1.165) is 17.7 Å². The maximum Gasteiger partial charge on any atom is 0.446 e. The number of halogens is 6. The molecule has 1 heterocycles. The summed E-state index contributed by atoms with van der Waals surface area (Å²) in [4.78, 5) is 2.42. The lowest BCUT2D eigenvalue weighted by Gasteiger charge is -2.34. The predicted molar refractivity (Wildman–Crippen MR) is 111 cm³/mol. The molecule has 3 rings (SSSR count). The van der Waals surface area contributed by atoms with Crippen LogP contribution in [0.4, 0.5) is 26.3 Å². The van der Waals surface area contributed by atoms with Crippen molar-refractivity contribution in [3.8, 4) is 0 Å². The van der Waals surface area contributed by atoms with Gasteiger partial charge in [0, 0.05) is 41.7 Å². The van der Waals surface area contributed by atoms with E-state index in [0.29, 0.717) is 26.1 Å². The monoisotopic (exact) mass is 484 g/mol. The van der Waals surface area contributed by atoms with Crippen molar-refractivity contribution >= 4 is 22.3 Å². The summed E-state index contributed by atoms with van der Waals surface area (Å²) in [6.07, 6.45) is -2.28. The second kappa shape index (κ2) is 9.22. The number of likely N-dealkylation sites (tertiary alicyclic amines) is 1. The molecule has 2 atom stereocenters. The Balaban J connectivity index is 1.57. The zero-order valence-corrected chi connectivity index (χ0v) is 18.1. The van der Waals surface area contributed by atoms with Crippen molar-refractivity contribution in [2.45, 2.75) is 40.5 Å². The first-order valence-corrected chi connectivity index (χ1v) is 12.2. The lowest BCUT2D eigenvalue weighted by Crippen LogP contribution is -2.34. The van der Waals surface area contributed by atoms with E-state index in [9.17, 15) is 30.9 Å². The van der Waals surface area contributed by atoms with Gasteiger partial charge in [-0.15, -0.1) is 0 Å². The van der Waals surface area contributed by atoms with Gasteiger partial charge < -0.3 is 4.55 Å². The van der Waals surface area contributed by atoms with E-state index in [1.54, 1.807) is 12.1 Å². The fraction of sp³-hybridized carbons (Fsp3) is 0.400. The van der Waals surface area contributed by atoms with Crippen LogP contribution in [0.1, 0.15) is 17.5 Å². The smallest absolute Gasteiger partial charge is 0.334 e. The normalized spacial score (nSPS) is 21.1. The first kappa shape index (κ1) is 24.2. The summed E-state index contributed by atoms with van der Waals surface area (Å²) in [5, 5.41) is 0. The third kappa shape index (κ3) is 7.04. The second-order valence-electron chi connectivity index (χ2n) is 7.43. The van der Waals surface area contributed by atoms with Gasteiger partial charge in [0.1, 0.15) is 0 Å². The van der Waals surface area contributed by atoms with Crippen LogP contribution < -0.4 is 4.72 Å². The molecule has 11 heteroatoms. The molecule has 2 aromatic rings. The topological polar surface area (TPSA) is 35.5 Å². The summed E-state index contributed by atoms with van der Waals surface area (Å²) in [6.45, 7) is 1.81. The third-order valence-electron chi connectivity index (χ3n) is 4.85. The summed E-state index contributed by atoms with van der Waals surface area (Å²) >= 11 is -0.160. The number of nitrogens with zero attached hydrogens (tertiary/aromatic N) is 1. The SMILES string of the molecule is CS(O)(NC1CCN(Cc2ccc(SC(F)(F)F)cc2)C1)c1cccc(C(F)(F)F)c1. The van der Waals surface area contributed by atoms with Crippen LogP contribution in [0.15, 0.2) is 58.3 Å². The van der Waals surface area contributed by atoms with E-state index in [-0.39, 0.29) is 27.6 Å². The van der Waals surface area contributed by atoms with Gasteiger partial charge in [0.25, 0.3) is 0 Å². The largest absolute Gasteiger partial charge is 0.446 e. The number of benzene rings is 2. The van der Waals surface area contributed by atoms with Gasteiger partial charge in [-0.25, -0.2) is 0 Å². The van der Waals surface area contributed by atoms with Gasteiger partial charge in [-0.05, 0) is 54.1 Å². The first-order chi connectivity index (χ1) is 14.3. The molecule has 2 N–H and O–H groups in total. The molecule has 1 saturated heterocycles. The lowest BCUT2D eigenvalue weighted by molar-refractivity contribution is -0.137. The summed E-state index contributed by atoms with van der Waals surface area (Å²) in [5.74, 6) is 0. The molecular formula is C20H22F6N2OS2. The molecule has 1 aliphatic rings. The van der Waals surface area contributed by atoms with Crippen LogP contribution in [-0.2, 0) is 12.7 Å². The number of rotatable bonds is 6. The van der Waals surface area contributed by atoms with E-state index in [4.69, 9.17) is 0 Å². The van der Waals surface area contributed by atoms with Crippen LogP contribution in [0.5, 0.6) is 0 Å². The lowest BCUT2D eigenvalue weighted by atomic mass is 10.2. The number of nitrogens with one attached hydrogen (secondary N) is 1. The molecule has 0 bridgehead atoms. The Bertz CT molecular complexity index is 886. The molecular weight excluding hydrogens is 462 g/mol. The molecule has 0 amide bonds. The van der Waals surface area contributed by atoms with Gasteiger partial charge in [0.2, 0.25) is 0 Å². The maximum atomic E-state index is 13.0. The van der Waals surface area contributed by atoms with Crippen LogP contribution in [0.2, 0.25) is 0 Å². The number of hydrogen-bond acceptors (Lipinski definition) is 4. The number of alkyl halides is 6. The molecule has 2 aromatic carbocycles. The van der Waals surface area contributed by atoms with Crippen molar-refractivity contribution in [2.75, 3.05) is 19.3 Å². The third-order valence-corrected chi connectivity index (χ3v) is 7.56. The Morgan fingerprint density at radius 2 is 1.77 bits per heavy atom. The van der Waals surface area contributed by atoms with Crippen LogP contribution >= 0.6 is 22.3 Å². The van der Waals surface area contributed by atoms with Gasteiger partial charge in [0.05, 0.1) is 5.56 Å². The fourth-order valence-corrected chi connectivity index (χ4v) is 5.66. The minimum Gasteiger partial charge on any atom is -0.334 e. The molecule has 31 heavy (non-hydrogen) atoms. The van der Waals surface area contributed by atoms with Gasteiger partial charge in [-0.3, -0.25) is 9.62 Å². The van der Waals surface area contributed by atoms with Crippen LogP contribution in [-0.4, -0.2) is 40.3 Å². The molecule has 0 aliphatic carbocycles. The molecule has 1 aliphatic heterocycles. The highest BCUT2D eigenvalue weighted by Crippen LogP contribution is 2.47. The van der Waals surface area contributed by atoms with Gasteiger partial charge in [-0.2, -0.15) is 26.3 Å². The Kier molecular flexibility index (Phi) is 7.21. The molecule has 0 spiro atoms. The Labute approximate surface area is 182 Å². The first-order valence-electron chi connectivity index (χ1n) is 9.34. The van der Waals surface area contributed by atoms with E-state index in [1.807, 2.05) is 0 Å². The quantitative estimate of drug-likeness (QED) is 0.369. The highest BCUT2D eigenvalue weighted by molar-refractivity contribution is 8.27. The summed E-state index contributed by atoms with van der Waals surface area (Å²) in [6, 6.07) is 10.7. The average molecular weight is 485 g/mol. The van der Waals surface area contributed by atoms with Crippen LogP contribution in [0.3, 0.4) is 0 Å². The minimum absolute atomic E-state index is 0.111. The molecule has 2 unspecified atom stereocenters. The Morgan fingerprint density at radius 1 is 1.10 bits per heavy atom. The standard InChI is InChI=1S/C20H22F6N2OS2/c1-31(29,18-4-2-3-15(11-18)19(21,22)23)27-16-9-10-28(13-16)12-14-5-7-17(8-6-14)30-20(24,25)26/h2-8,11,16,27,29H,9-10,12-13H2,1H3. The van der Waals surface area contributed by atoms with Crippen LogP contribution in [0, 0.1) is 0 Å². The Hall–Kier alpha value is -1.40. The van der Waals surface area contributed by atoms with E-state index in [2.05, 4.69) is 9.62 Å². The summed E-state index contributed by atoms with van der Waals surface area (Å²) in [5.41, 5.74) is -4.27. The van der Waals surface area contributed by atoms with Gasteiger partial charge in [-0.1, -0.05) is 28.7 Å². The van der Waals surface area contributed by atoms with E-state index >= 15 is 0 Å². The minimum atomic E-state index is -4.48. The highest BCUT2D eigenvalue weighted by Gasteiger charge is 2.33. The molecule has 172 valence electrons. The van der Waals surface area contributed by atoms with Crippen molar-refractivity contribution < 1.29 is 30.9 Å². The summed E-state index contributed by atoms with van der Waals surface area (Å²) < 4.78 is 90.1. The number of hydrogen-bond donors (Lipinski definition) is 2. The van der Waals surface area contributed by atoms with E-state index in [1.165, 1.54) is 30.5 Å². The van der Waals surface area contributed by atoms with Crippen LogP contribution in [0.25, 0.3) is 0 Å².